The van der Waals surface area contributed by atoms with Crippen LogP contribution < -0.4 is 10.1 Å². The van der Waals surface area contributed by atoms with Crippen molar-refractivity contribution >= 4 is 52.3 Å². The molecule has 0 aliphatic heterocycles. The van der Waals surface area contributed by atoms with E-state index in [0.29, 0.717) is 17.2 Å². The second-order valence-corrected chi connectivity index (χ2v) is 7.54. The van der Waals surface area contributed by atoms with Crippen molar-refractivity contribution < 1.29 is 14.3 Å². The van der Waals surface area contributed by atoms with Crippen LogP contribution in [0, 0.1) is 6.92 Å². The van der Waals surface area contributed by atoms with Crippen LogP contribution in [0.25, 0.3) is 10.9 Å². The number of carbonyl (C=O) groups excluding carboxylic acids is 1. The molecule has 1 aromatic heterocycles. The first-order chi connectivity index (χ1) is 15.0. The molecule has 0 unspecified atom stereocenters. The summed E-state index contributed by atoms with van der Waals surface area (Å²) in [5, 5.41) is 4.97. The first-order valence-electron chi connectivity index (χ1n) is 9.76. The molecule has 0 saturated carbocycles. The van der Waals surface area contributed by atoms with Gasteiger partial charge in [0.2, 0.25) is 0 Å². The third kappa shape index (κ3) is 5.49. The molecule has 1 N–H and O–H groups in total. The minimum absolute atomic E-state index is 0. The van der Waals surface area contributed by atoms with E-state index < -0.39 is 0 Å². The SMILES string of the molecule is COC(=O)c1ccc2nc(C)cc(Nc3ccc(OCc4ccc(Cl)cc4)cc3)c2c1.Cl. The molecule has 0 aliphatic rings. The fraction of sp³-hybridized carbons (Fsp3) is 0.120. The molecule has 5 nitrogen and oxygen atoms in total. The van der Waals surface area contributed by atoms with E-state index in [2.05, 4.69) is 10.3 Å². The fourth-order valence-corrected chi connectivity index (χ4v) is 3.37. The Morgan fingerprint density at radius 2 is 1.72 bits per heavy atom. The van der Waals surface area contributed by atoms with Crippen molar-refractivity contribution in [3.05, 3.63) is 94.6 Å². The number of hydrogen-bond acceptors (Lipinski definition) is 5. The van der Waals surface area contributed by atoms with Crippen molar-refractivity contribution in [3.63, 3.8) is 0 Å². The second kappa shape index (κ2) is 10.4. The average molecular weight is 469 g/mol. The van der Waals surface area contributed by atoms with Crippen LogP contribution in [-0.4, -0.2) is 18.1 Å². The van der Waals surface area contributed by atoms with Gasteiger partial charge in [-0.25, -0.2) is 4.79 Å². The molecular formula is C25H22Cl2N2O3. The number of nitrogens with one attached hydrogen (secondary N) is 1. The van der Waals surface area contributed by atoms with Crippen LogP contribution in [0.15, 0.2) is 72.8 Å². The van der Waals surface area contributed by atoms with Gasteiger partial charge >= 0.3 is 5.97 Å². The normalized spacial score (nSPS) is 10.3. The summed E-state index contributed by atoms with van der Waals surface area (Å²) < 4.78 is 10.7. The summed E-state index contributed by atoms with van der Waals surface area (Å²) in [5.41, 5.74) is 4.97. The molecule has 4 rings (SSSR count). The Balaban J connectivity index is 0.00000289. The van der Waals surface area contributed by atoms with Crippen molar-refractivity contribution in [1.29, 1.82) is 0 Å². The summed E-state index contributed by atoms with van der Waals surface area (Å²) in [4.78, 5) is 16.5. The largest absolute Gasteiger partial charge is 0.489 e. The molecular weight excluding hydrogens is 447 g/mol. The van der Waals surface area contributed by atoms with E-state index >= 15 is 0 Å². The third-order valence-electron chi connectivity index (χ3n) is 4.81. The Bertz CT molecular complexity index is 1230. The summed E-state index contributed by atoms with van der Waals surface area (Å²) in [6.07, 6.45) is 0. The van der Waals surface area contributed by atoms with Gasteiger partial charge in [0.25, 0.3) is 0 Å². The number of fused-ring (bicyclic) bond motifs is 1. The Morgan fingerprint density at radius 3 is 2.41 bits per heavy atom. The van der Waals surface area contributed by atoms with Crippen LogP contribution in [0.3, 0.4) is 0 Å². The number of esters is 1. The molecule has 0 fully saturated rings. The number of ether oxygens (including phenoxy) is 2. The summed E-state index contributed by atoms with van der Waals surface area (Å²) in [6, 6.07) is 22.6. The highest BCUT2D eigenvalue weighted by Gasteiger charge is 2.10. The van der Waals surface area contributed by atoms with E-state index in [1.807, 2.05) is 67.6 Å². The minimum atomic E-state index is -0.379. The number of rotatable bonds is 6. The van der Waals surface area contributed by atoms with Crippen molar-refractivity contribution in [2.24, 2.45) is 0 Å². The number of aryl methyl sites for hydroxylation is 1. The highest BCUT2D eigenvalue weighted by molar-refractivity contribution is 6.30. The number of anilines is 2. The zero-order valence-electron chi connectivity index (χ0n) is 17.6. The standard InChI is InChI=1S/C25H21ClN2O3.ClH/c1-16-13-24(22-14-18(25(29)30-2)5-12-23(22)27-16)28-20-8-10-21(11-9-20)31-15-17-3-6-19(26)7-4-17;/h3-14H,15H2,1-2H3,(H,27,28);1H. The predicted molar refractivity (Wildman–Crippen MR) is 131 cm³/mol. The molecule has 164 valence electrons. The van der Waals surface area contributed by atoms with Crippen LogP contribution in [0.1, 0.15) is 21.6 Å². The number of methoxy groups -OCH3 is 1. The number of hydrogen-bond donors (Lipinski definition) is 1. The van der Waals surface area contributed by atoms with Crippen molar-refractivity contribution in [3.8, 4) is 5.75 Å². The lowest BCUT2D eigenvalue weighted by atomic mass is 10.1. The molecule has 0 radical (unpaired) electrons. The topological polar surface area (TPSA) is 60.5 Å². The molecule has 3 aromatic carbocycles. The monoisotopic (exact) mass is 468 g/mol. The van der Waals surface area contributed by atoms with Gasteiger partial charge < -0.3 is 14.8 Å². The number of pyridine rings is 1. The van der Waals surface area contributed by atoms with Gasteiger partial charge in [0.05, 0.1) is 18.2 Å². The molecule has 32 heavy (non-hydrogen) atoms. The zero-order chi connectivity index (χ0) is 21.8. The molecule has 1 heterocycles. The smallest absolute Gasteiger partial charge is 0.337 e. The van der Waals surface area contributed by atoms with Crippen molar-refractivity contribution in [1.82, 2.24) is 4.98 Å². The predicted octanol–water partition coefficient (Wildman–Crippen LogP) is 6.73. The molecule has 0 bridgehead atoms. The van der Waals surface area contributed by atoms with Gasteiger partial charge in [0, 0.05) is 27.5 Å². The number of carbonyl (C=O) groups is 1. The van der Waals surface area contributed by atoms with E-state index in [1.165, 1.54) is 7.11 Å². The van der Waals surface area contributed by atoms with Gasteiger partial charge in [-0.15, -0.1) is 12.4 Å². The summed E-state index contributed by atoms with van der Waals surface area (Å²) in [5.74, 6) is 0.389. The maximum Gasteiger partial charge on any atom is 0.337 e. The minimum Gasteiger partial charge on any atom is -0.489 e. The lowest BCUT2D eigenvalue weighted by Crippen LogP contribution is -2.02. The maximum absolute atomic E-state index is 11.9. The quantitative estimate of drug-likeness (QED) is 0.318. The molecule has 0 saturated heterocycles. The van der Waals surface area contributed by atoms with Crippen molar-refractivity contribution in [2.75, 3.05) is 12.4 Å². The lowest BCUT2D eigenvalue weighted by Gasteiger charge is -2.13. The Hall–Kier alpha value is -3.28. The van der Waals surface area contributed by atoms with Gasteiger partial charge in [-0.1, -0.05) is 23.7 Å². The fourth-order valence-electron chi connectivity index (χ4n) is 3.24. The van der Waals surface area contributed by atoms with Crippen LogP contribution >= 0.6 is 24.0 Å². The molecule has 7 heteroatoms. The van der Waals surface area contributed by atoms with Crippen LogP contribution in [0.4, 0.5) is 11.4 Å². The van der Waals surface area contributed by atoms with Gasteiger partial charge in [0.1, 0.15) is 12.4 Å². The van der Waals surface area contributed by atoms with Gasteiger partial charge in [-0.2, -0.15) is 0 Å². The maximum atomic E-state index is 11.9. The van der Waals surface area contributed by atoms with E-state index in [9.17, 15) is 4.79 Å². The second-order valence-electron chi connectivity index (χ2n) is 7.10. The third-order valence-corrected chi connectivity index (χ3v) is 5.06. The average Bonchev–Trinajstić information content (AvgIpc) is 2.79. The first-order valence-corrected chi connectivity index (χ1v) is 10.1. The summed E-state index contributed by atoms with van der Waals surface area (Å²) >= 11 is 5.92. The Labute approximate surface area is 197 Å². The zero-order valence-corrected chi connectivity index (χ0v) is 19.2. The van der Waals surface area contributed by atoms with E-state index in [1.54, 1.807) is 12.1 Å². The molecule has 0 amide bonds. The molecule has 0 atom stereocenters. The molecule has 4 aromatic rings. The molecule has 0 aliphatic carbocycles. The summed E-state index contributed by atoms with van der Waals surface area (Å²) in [7, 11) is 1.37. The summed E-state index contributed by atoms with van der Waals surface area (Å²) in [6.45, 7) is 2.40. The van der Waals surface area contributed by atoms with Gasteiger partial charge in [0.15, 0.2) is 0 Å². The Kier molecular flexibility index (Phi) is 7.57. The highest BCUT2D eigenvalue weighted by Crippen LogP contribution is 2.28. The lowest BCUT2D eigenvalue weighted by molar-refractivity contribution is 0.0601. The van der Waals surface area contributed by atoms with Crippen LogP contribution in [0.2, 0.25) is 5.02 Å². The van der Waals surface area contributed by atoms with E-state index in [-0.39, 0.29) is 18.4 Å². The highest BCUT2D eigenvalue weighted by atomic mass is 35.5. The number of aromatic nitrogens is 1. The van der Waals surface area contributed by atoms with Crippen LogP contribution in [0.5, 0.6) is 5.75 Å². The first kappa shape index (κ1) is 23.4. The number of benzene rings is 3. The molecule has 0 spiro atoms. The number of halogens is 2. The van der Waals surface area contributed by atoms with Gasteiger partial charge in [-0.3, -0.25) is 4.98 Å². The van der Waals surface area contributed by atoms with E-state index in [4.69, 9.17) is 21.1 Å². The Morgan fingerprint density at radius 1 is 1.00 bits per heavy atom. The van der Waals surface area contributed by atoms with Gasteiger partial charge in [-0.05, 0) is 73.2 Å². The number of nitrogens with zero attached hydrogens (tertiary/aromatic N) is 1. The van der Waals surface area contributed by atoms with Crippen molar-refractivity contribution in [2.45, 2.75) is 13.5 Å². The van der Waals surface area contributed by atoms with Crippen LogP contribution in [-0.2, 0) is 11.3 Å². The van der Waals surface area contributed by atoms with E-state index in [0.717, 1.165) is 39.3 Å².